The van der Waals surface area contributed by atoms with Gasteiger partial charge < -0.3 is 10.2 Å². The average molecular weight is 200 g/mol. The second-order valence-electron chi connectivity index (χ2n) is 2.73. The molecule has 0 bridgehead atoms. The molecule has 2 N–H and O–H groups in total. The van der Waals surface area contributed by atoms with Crippen molar-refractivity contribution >= 4 is 24.6 Å². The lowest BCUT2D eigenvalue weighted by Gasteiger charge is -2.20. The van der Waals surface area contributed by atoms with Crippen LogP contribution in [0.15, 0.2) is 23.8 Å². The summed E-state index contributed by atoms with van der Waals surface area (Å²) >= 11 is 3.93. The highest BCUT2D eigenvalue weighted by molar-refractivity contribution is 7.83. The maximum Gasteiger partial charge on any atom is 0.335 e. The fraction of sp³-hybridized carbons (Fsp3) is 0.250. The van der Waals surface area contributed by atoms with Crippen LogP contribution in [-0.4, -0.2) is 26.9 Å². The minimum absolute atomic E-state index is 0.0869. The molecule has 1 atom stereocenters. The fourth-order valence-corrected chi connectivity index (χ4v) is 1.11. The van der Waals surface area contributed by atoms with Gasteiger partial charge in [-0.15, -0.1) is 0 Å². The number of carboxylic acids is 2. The molecule has 0 amide bonds. The third kappa shape index (κ3) is 1.92. The number of carbonyl (C=O) groups is 2. The van der Waals surface area contributed by atoms with Crippen LogP contribution in [0.2, 0.25) is 0 Å². The zero-order chi connectivity index (χ0) is 10.1. The van der Waals surface area contributed by atoms with Crippen LogP contribution in [0.3, 0.4) is 0 Å². The predicted molar refractivity (Wildman–Crippen MR) is 48.8 cm³/mol. The van der Waals surface area contributed by atoms with Gasteiger partial charge in [-0.1, -0.05) is 18.2 Å². The van der Waals surface area contributed by atoms with Crippen LogP contribution in [0.5, 0.6) is 0 Å². The summed E-state index contributed by atoms with van der Waals surface area (Å²) in [5.41, 5.74) is 0.103. The molecule has 4 nitrogen and oxygen atoms in total. The van der Waals surface area contributed by atoms with Crippen molar-refractivity contribution in [3.05, 3.63) is 23.8 Å². The molecule has 0 aliphatic heterocycles. The zero-order valence-corrected chi connectivity index (χ0v) is 7.49. The van der Waals surface area contributed by atoms with Crippen LogP contribution < -0.4 is 0 Å². The molecule has 1 unspecified atom stereocenters. The minimum Gasteiger partial charge on any atom is -0.480 e. The first-order valence-electron chi connectivity index (χ1n) is 3.54. The summed E-state index contributed by atoms with van der Waals surface area (Å²) < 4.78 is -1.26. The van der Waals surface area contributed by atoms with E-state index in [9.17, 15) is 9.59 Å². The SMILES string of the molecule is O=C(O)C1=CCC(S)(C(=O)O)C=C1. The minimum atomic E-state index is -1.26. The molecule has 13 heavy (non-hydrogen) atoms. The number of allylic oxidation sites excluding steroid dienone is 1. The first-order valence-corrected chi connectivity index (χ1v) is 3.99. The smallest absolute Gasteiger partial charge is 0.335 e. The van der Waals surface area contributed by atoms with E-state index in [1.54, 1.807) is 0 Å². The molecule has 0 saturated carbocycles. The van der Waals surface area contributed by atoms with Gasteiger partial charge in [-0.3, -0.25) is 4.79 Å². The van der Waals surface area contributed by atoms with Crippen molar-refractivity contribution < 1.29 is 19.8 Å². The Labute approximate surface area is 80.0 Å². The Kier molecular flexibility index (Phi) is 2.47. The van der Waals surface area contributed by atoms with Gasteiger partial charge in [0.25, 0.3) is 0 Å². The van der Waals surface area contributed by atoms with Gasteiger partial charge in [0, 0.05) is 0 Å². The topological polar surface area (TPSA) is 74.6 Å². The van der Waals surface area contributed by atoms with Crippen LogP contribution in [-0.2, 0) is 9.59 Å². The van der Waals surface area contributed by atoms with Crippen molar-refractivity contribution in [3.8, 4) is 0 Å². The quantitative estimate of drug-likeness (QED) is 0.574. The lowest BCUT2D eigenvalue weighted by atomic mass is 9.96. The highest BCUT2D eigenvalue weighted by Crippen LogP contribution is 2.27. The second-order valence-corrected chi connectivity index (χ2v) is 3.53. The Morgan fingerprint density at radius 2 is 2.08 bits per heavy atom. The summed E-state index contributed by atoms with van der Waals surface area (Å²) in [6.45, 7) is 0. The first-order chi connectivity index (χ1) is 5.96. The van der Waals surface area contributed by atoms with Gasteiger partial charge in [-0.2, -0.15) is 12.6 Å². The standard InChI is InChI=1S/C8H8O4S/c9-6(10)5-1-3-8(13,4-2-5)7(11)12/h1-3,13H,4H2,(H,9,10)(H,11,12). The molecule has 5 heteroatoms. The van der Waals surface area contributed by atoms with E-state index in [1.807, 2.05) is 0 Å². The Morgan fingerprint density at radius 3 is 2.38 bits per heavy atom. The molecule has 0 aromatic rings. The van der Waals surface area contributed by atoms with Crippen molar-refractivity contribution in [3.63, 3.8) is 0 Å². The van der Waals surface area contributed by atoms with E-state index in [0.717, 1.165) is 0 Å². The Bertz CT molecular complexity index is 318. The number of aliphatic carboxylic acids is 2. The Hall–Kier alpha value is -1.23. The third-order valence-electron chi connectivity index (χ3n) is 1.79. The van der Waals surface area contributed by atoms with E-state index in [2.05, 4.69) is 12.6 Å². The van der Waals surface area contributed by atoms with Crippen molar-refractivity contribution in [2.45, 2.75) is 11.2 Å². The van der Waals surface area contributed by atoms with Crippen LogP contribution in [0.1, 0.15) is 6.42 Å². The molecular formula is C8H8O4S. The van der Waals surface area contributed by atoms with Gasteiger partial charge in [-0.05, 0) is 6.42 Å². The molecule has 0 aromatic heterocycles. The largest absolute Gasteiger partial charge is 0.480 e. The molecule has 1 aliphatic carbocycles. The molecular weight excluding hydrogens is 192 g/mol. The van der Waals surface area contributed by atoms with Crippen LogP contribution in [0.25, 0.3) is 0 Å². The molecule has 70 valence electrons. The molecule has 1 aliphatic rings. The van der Waals surface area contributed by atoms with Crippen molar-refractivity contribution in [2.24, 2.45) is 0 Å². The summed E-state index contributed by atoms with van der Waals surface area (Å²) in [7, 11) is 0. The maximum atomic E-state index is 10.6. The van der Waals surface area contributed by atoms with Gasteiger partial charge in [0.2, 0.25) is 0 Å². The number of hydrogen-bond acceptors (Lipinski definition) is 3. The third-order valence-corrected chi connectivity index (χ3v) is 2.31. The van der Waals surface area contributed by atoms with Gasteiger partial charge in [0.15, 0.2) is 0 Å². The number of carboxylic acid groups (broad SMARTS) is 2. The first kappa shape index (κ1) is 9.85. The normalized spacial score (nSPS) is 26.7. The van der Waals surface area contributed by atoms with Crippen LogP contribution in [0.4, 0.5) is 0 Å². The lowest BCUT2D eigenvalue weighted by molar-refractivity contribution is -0.138. The van der Waals surface area contributed by atoms with E-state index in [1.165, 1.54) is 18.2 Å². The van der Waals surface area contributed by atoms with E-state index in [-0.39, 0.29) is 12.0 Å². The monoisotopic (exact) mass is 200 g/mol. The fourth-order valence-electron chi connectivity index (χ4n) is 0.946. The summed E-state index contributed by atoms with van der Waals surface area (Å²) in [6, 6.07) is 0. The molecule has 0 spiro atoms. The summed E-state index contributed by atoms with van der Waals surface area (Å²) in [5, 5.41) is 17.3. The molecule has 0 heterocycles. The molecule has 1 rings (SSSR count). The molecule has 0 fully saturated rings. The van der Waals surface area contributed by atoms with Crippen molar-refractivity contribution in [2.75, 3.05) is 0 Å². The van der Waals surface area contributed by atoms with Crippen LogP contribution in [0, 0.1) is 0 Å². The average Bonchev–Trinajstić information content (AvgIpc) is 2.04. The van der Waals surface area contributed by atoms with Gasteiger partial charge in [-0.25, -0.2) is 4.79 Å². The Balaban J connectivity index is 2.85. The lowest BCUT2D eigenvalue weighted by Crippen LogP contribution is -2.31. The number of rotatable bonds is 2. The molecule has 0 aromatic carbocycles. The number of hydrogen-bond donors (Lipinski definition) is 3. The maximum absolute atomic E-state index is 10.6. The van der Waals surface area contributed by atoms with E-state index in [4.69, 9.17) is 10.2 Å². The number of thiol groups is 1. The van der Waals surface area contributed by atoms with Gasteiger partial charge in [0.1, 0.15) is 4.75 Å². The predicted octanol–water partition coefficient (Wildman–Crippen LogP) is 0.711. The van der Waals surface area contributed by atoms with E-state index in [0.29, 0.717) is 0 Å². The van der Waals surface area contributed by atoms with Crippen molar-refractivity contribution in [1.29, 1.82) is 0 Å². The molecule has 0 saturated heterocycles. The summed E-state index contributed by atoms with van der Waals surface area (Å²) in [4.78, 5) is 21.1. The zero-order valence-electron chi connectivity index (χ0n) is 6.60. The highest BCUT2D eigenvalue weighted by atomic mass is 32.1. The highest BCUT2D eigenvalue weighted by Gasteiger charge is 2.32. The second kappa shape index (κ2) is 3.26. The van der Waals surface area contributed by atoms with E-state index < -0.39 is 16.7 Å². The summed E-state index contributed by atoms with van der Waals surface area (Å²) in [5.74, 6) is -2.13. The van der Waals surface area contributed by atoms with E-state index >= 15 is 0 Å². The van der Waals surface area contributed by atoms with Crippen LogP contribution >= 0.6 is 12.6 Å². The molecule has 0 radical (unpaired) electrons. The van der Waals surface area contributed by atoms with Gasteiger partial charge in [0.05, 0.1) is 5.57 Å². The van der Waals surface area contributed by atoms with Crippen molar-refractivity contribution in [1.82, 2.24) is 0 Å². The Morgan fingerprint density at radius 1 is 1.46 bits per heavy atom. The summed E-state index contributed by atoms with van der Waals surface area (Å²) in [6.07, 6.45) is 3.97. The van der Waals surface area contributed by atoms with Gasteiger partial charge >= 0.3 is 11.9 Å².